The first kappa shape index (κ1) is 25.4. The zero-order valence-corrected chi connectivity index (χ0v) is 21.9. The number of hydrogen-bond acceptors (Lipinski definition) is 8. The number of benzene rings is 1. The highest BCUT2D eigenvalue weighted by molar-refractivity contribution is 6.09. The van der Waals surface area contributed by atoms with Crippen molar-refractivity contribution in [2.75, 3.05) is 38.6 Å². The van der Waals surface area contributed by atoms with Gasteiger partial charge < -0.3 is 20.7 Å². The second-order valence-electron chi connectivity index (χ2n) is 9.42. The van der Waals surface area contributed by atoms with E-state index in [2.05, 4.69) is 49.2 Å². The number of nitrogens with one attached hydrogen (secondary N) is 1. The van der Waals surface area contributed by atoms with Gasteiger partial charge in [-0.3, -0.25) is 9.39 Å². The number of rotatable bonds is 11. The third-order valence-corrected chi connectivity index (χ3v) is 6.81. The molecule has 4 heterocycles. The standard InChI is InChI=1S/C29H34N8O/c1-21(22-5-7-23(8-6-22)24(17-30)18-31-2)35-28-16-26(33-20-34-28)27-19-32-29-15-25(9-13-37(27)29)38-14-4-12-36-10-3-11-36/h5-9,13,15-21H,3-4,10-12,14,30H2,1-2H3,(H,33,34,35)/b24-17+,31-18?. The number of anilines is 1. The maximum absolute atomic E-state index is 5.96. The summed E-state index contributed by atoms with van der Waals surface area (Å²) < 4.78 is 7.98. The fourth-order valence-corrected chi connectivity index (χ4v) is 4.52. The SMILES string of the molecule is CN=C/C(=C\N)c1ccc(C(C)Nc2cc(-c3cnc4cc(OCCCN5CCC5)ccn34)ncn2)cc1. The predicted molar refractivity (Wildman–Crippen MR) is 152 cm³/mol. The van der Waals surface area contributed by atoms with Crippen molar-refractivity contribution in [1.29, 1.82) is 0 Å². The molecule has 0 radical (unpaired) electrons. The lowest BCUT2D eigenvalue weighted by molar-refractivity contribution is 0.165. The molecule has 9 nitrogen and oxygen atoms in total. The van der Waals surface area contributed by atoms with Gasteiger partial charge in [-0.1, -0.05) is 24.3 Å². The number of hydrogen-bond donors (Lipinski definition) is 2. The number of aliphatic imine (C=N–C) groups is 1. The highest BCUT2D eigenvalue weighted by atomic mass is 16.5. The highest BCUT2D eigenvalue weighted by Crippen LogP contribution is 2.25. The van der Waals surface area contributed by atoms with E-state index < -0.39 is 0 Å². The molecule has 1 unspecified atom stereocenters. The van der Waals surface area contributed by atoms with Crippen LogP contribution < -0.4 is 15.8 Å². The Morgan fingerprint density at radius 2 is 2.00 bits per heavy atom. The Labute approximate surface area is 223 Å². The highest BCUT2D eigenvalue weighted by Gasteiger charge is 2.14. The molecule has 3 N–H and O–H groups in total. The average molecular weight is 511 g/mol. The summed E-state index contributed by atoms with van der Waals surface area (Å²) in [6.45, 7) is 6.35. The molecule has 0 saturated carbocycles. The van der Waals surface area contributed by atoms with Gasteiger partial charge in [0, 0.05) is 56.0 Å². The van der Waals surface area contributed by atoms with Crippen LogP contribution in [0.25, 0.3) is 22.6 Å². The first-order valence-electron chi connectivity index (χ1n) is 13.0. The Morgan fingerprint density at radius 3 is 2.74 bits per heavy atom. The molecule has 0 aliphatic carbocycles. The molecule has 0 spiro atoms. The van der Waals surface area contributed by atoms with E-state index in [1.165, 1.54) is 19.5 Å². The lowest BCUT2D eigenvalue weighted by atomic mass is 10.0. The summed E-state index contributed by atoms with van der Waals surface area (Å²) in [7, 11) is 1.73. The van der Waals surface area contributed by atoms with Gasteiger partial charge in [0.1, 0.15) is 23.5 Å². The summed E-state index contributed by atoms with van der Waals surface area (Å²) in [6, 6.07) is 14.2. The number of allylic oxidation sites excluding steroid dienone is 1. The van der Waals surface area contributed by atoms with Crippen LogP contribution in [-0.4, -0.2) is 63.8 Å². The molecule has 38 heavy (non-hydrogen) atoms. The fraction of sp³-hybridized carbons (Fsp3) is 0.310. The van der Waals surface area contributed by atoms with Gasteiger partial charge in [-0.05, 0) is 50.0 Å². The van der Waals surface area contributed by atoms with E-state index in [1.807, 2.05) is 47.1 Å². The number of nitrogens with zero attached hydrogens (tertiary/aromatic N) is 6. The van der Waals surface area contributed by atoms with Crippen LogP contribution in [-0.2, 0) is 0 Å². The van der Waals surface area contributed by atoms with Crippen LogP contribution >= 0.6 is 0 Å². The minimum absolute atomic E-state index is 0.0416. The van der Waals surface area contributed by atoms with E-state index in [1.54, 1.807) is 25.8 Å². The average Bonchev–Trinajstić information content (AvgIpc) is 3.34. The lowest BCUT2D eigenvalue weighted by Gasteiger charge is -2.30. The first-order valence-corrected chi connectivity index (χ1v) is 13.0. The Morgan fingerprint density at radius 1 is 1.16 bits per heavy atom. The van der Waals surface area contributed by atoms with E-state index in [4.69, 9.17) is 10.5 Å². The van der Waals surface area contributed by atoms with Crippen LogP contribution in [0, 0.1) is 0 Å². The van der Waals surface area contributed by atoms with E-state index >= 15 is 0 Å². The van der Waals surface area contributed by atoms with Crippen molar-refractivity contribution in [2.24, 2.45) is 10.7 Å². The molecular weight excluding hydrogens is 476 g/mol. The smallest absolute Gasteiger partial charge is 0.140 e. The van der Waals surface area contributed by atoms with Gasteiger partial charge in [0.25, 0.3) is 0 Å². The van der Waals surface area contributed by atoms with Crippen molar-refractivity contribution in [1.82, 2.24) is 24.3 Å². The summed E-state index contributed by atoms with van der Waals surface area (Å²) in [4.78, 5) is 20.0. The Kier molecular flexibility index (Phi) is 7.94. The molecule has 196 valence electrons. The van der Waals surface area contributed by atoms with Crippen molar-refractivity contribution in [3.63, 3.8) is 0 Å². The van der Waals surface area contributed by atoms with Gasteiger partial charge in [-0.15, -0.1) is 0 Å². The number of pyridine rings is 1. The van der Waals surface area contributed by atoms with Gasteiger partial charge in [-0.2, -0.15) is 0 Å². The third kappa shape index (κ3) is 5.84. The van der Waals surface area contributed by atoms with Crippen molar-refractivity contribution in [2.45, 2.75) is 25.8 Å². The number of imidazole rings is 1. The molecule has 4 aromatic rings. The molecule has 1 saturated heterocycles. The lowest BCUT2D eigenvalue weighted by Crippen LogP contribution is -2.38. The second-order valence-corrected chi connectivity index (χ2v) is 9.42. The molecule has 1 atom stereocenters. The van der Waals surface area contributed by atoms with Crippen LogP contribution in [0.4, 0.5) is 5.82 Å². The maximum atomic E-state index is 5.96. The van der Waals surface area contributed by atoms with E-state index in [-0.39, 0.29) is 6.04 Å². The van der Waals surface area contributed by atoms with Crippen molar-refractivity contribution in [3.05, 3.63) is 78.5 Å². The van der Waals surface area contributed by atoms with Gasteiger partial charge >= 0.3 is 0 Å². The van der Waals surface area contributed by atoms with Gasteiger partial charge in [-0.25, -0.2) is 15.0 Å². The van der Waals surface area contributed by atoms with Crippen molar-refractivity contribution >= 4 is 23.3 Å². The van der Waals surface area contributed by atoms with E-state index in [9.17, 15) is 0 Å². The molecule has 1 aromatic carbocycles. The minimum atomic E-state index is 0.0416. The summed E-state index contributed by atoms with van der Waals surface area (Å²) in [5.74, 6) is 1.57. The van der Waals surface area contributed by atoms with Crippen LogP contribution in [0.5, 0.6) is 5.75 Å². The van der Waals surface area contributed by atoms with Crippen LogP contribution in [0.2, 0.25) is 0 Å². The molecule has 0 amide bonds. The molecule has 3 aromatic heterocycles. The summed E-state index contributed by atoms with van der Waals surface area (Å²) in [5, 5.41) is 3.48. The number of likely N-dealkylation sites (tertiary alicyclic amines) is 1. The molecule has 5 rings (SSSR count). The zero-order valence-electron chi connectivity index (χ0n) is 21.9. The fourth-order valence-electron chi connectivity index (χ4n) is 4.52. The van der Waals surface area contributed by atoms with Gasteiger partial charge in [0.2, 0.25) is 0 Å². The summed E-state index contributed by atoms with van der Waals surface area (Å²) in [5.41, 5.74) is 11.3. The normalized spacial score (nSPS) is 15.1. The number of nitrogens with two attached hydrogens (primary N) is 1. The number of aromatic nitrogens is 4. The Hall–Kier alpha value is -4.24. The molecule has 1 fully saturated rings. The molecular formula is C29H34N8O. The molecule has 0 bridgehead atoms. The largest absolute Gasteiger partial charge is 0.493 e. The van der Waals surface area contributed by atoms with Crippen LogP contribution in [0.15, 0.2) is 72.4 Å². The topological polar surface area (TPSA) is 106 Å². The van der Waals surface area contributed by atoms with Gasteiger partial charge in [0.15, 0.2) is 0 Å². The number of fused-ring (bicyclic) bond motifs is 1. The predicted octanol–water partition coefficient (Wildman–Crippen LogP) is 4.44. The third-order valence-electron chi connectivity index (χ3n) is 6.81. The zero-order chi connectivity index (χ0) is 26.3. The maximum Gasteiger partial charge on any atom is 0.140 e. The van der Waals surface area contributed by atoms with Crippen LogP contribution in [0.1, 0.15) is 36.9 Å². The monoisotopic (exact) mass is 510 g/mol. The van der Waals surface area contributed by atoms with Crippen molar-refractivity contribution in [3.8, 4) is 17.1 Å². The summed E-state index contributed by atoms with van der Waals surface area (Å²) >= 11 is 0. The van der Waals surface area contributed by atoms with Gasteiger partial charge in [0.05, 0.1) is 24.2 Å². The molecule has 1 aliphatic rings. The first-order chi connectivity index (χ1) is 18.6. The summed E-state index contributed by atoms with van der Waals surface area (Å²) in [6.07, 6.45) is 11.1. The van der Waals surface area contributed by atoms with Crippen molar-refractivity contribution < 1.29 is 4.74 Å². The van der Waals surface area contributed by atoms with E-state index in [0.29, 0.717) is 6.61 Å². The van der Waals surface area contributed by atoms with Crippen LogP contribution in [0.3, 0.4) is 0 Å². The molecule has 9 heteroatoms. The van der Waals surface area contributed by atoms with E-state index in [0.717, 1.165) is 58.3 Å². The Balaban J connectivity index is 1.24. The second kappa shape index (κ2) is 11.9. The molecule has 1 aliphatic heterocycles. The quantitative estimate of drug-likeness (QED) is 0.227. The Bertz CT molecular complexity index is 1420. The number of ether oxygens (including phenoxy) is 1. The minimum Gasteiger partial charge on any atom is -0.493 e.